The molecule has 0 amide bonds. The van der Waals surface area contributed by atoms with Crippen molar-refractivity contribution < 1.29 is 0 Å². The number of benzene rings is 1. The number of rotatable bonds is 5. The molecule has 1 aromatic carbocycles. The van der Waals surface area contributed by atoms with E-state index in [4.69, 9.17) is 5.73 Å². The van der Waals surface area contributed by atoms with Gasteiger partial charge >= 0.3 is 0 Å². The smallest absolute Gasteiger partial charge is 0.0526 e. The van der Waals surface area contributed by atoms with Gasteiger partial charge < -0.3 is 10.6 Å². The number of halogens is 1. The minimum atomic E-state index is 0.574. The molecule has 0 atom stereocenters. The zero-order valence-corrected chi connectivity index (χ0v) is 13.1. The number of nitrogens with zero attached hydrogens (tertiary/aromatic N) is 1. The molecule has 1 heterocycles. The maximum absolute atomic E-state index is 5.93. The Morgan fingerprint density at radius 2 is 2.11 bits per heavy atom. The van der Waals surface area contributed by atoms with E-state index in [-0.39, 0.29) is 0 Å². The van der Waals surface area contributed by atoms with Gasteiger partial charge in [0.15, 0.2) is 0 Å². The summed E-state index contributed by atoms with van der Waals surface area (Å²) in [7, 11) is 0. The second-order valence-electron chi connectivity index (χ2n) is 4.88. The van der Waals surface area contributed by atoms with Crippen LogP contribution >= 0.6 is 27.3 Å². The van der Waals surface area contributed by atoms with Crippen LogP contribution in [0.2, 0.25) is 0 Å². The maximum atomic E-state index is 5.93. The van der Waals surface area contributed by atoms with Crippen molar-refractivity contribution in [2.24, 2.45) is 5.73 Å². The molecular weight excluding hydrogens is 320 g/mol. The van der Waals surface area contributed by atoms with E-state index in [0.717, 1.165) is 11.0 Å². The Balaban J connectivity index is 1.94. The minimum Gasteiger partial charge on any atom is -0.363 e. The number of hydrogen-bond acceptors (Lipinski definition) is 3. The summed E-state index contributed by atoms with van der Waals surface area (Å²) < 4.78 is 1.12. The van der Waals surface area contributed by atoms with Crippen molar-refractivity contribution >= 4 is 33.0 Å². The van der Waals surface area contributed by atoms with Crippen molar-refractivity contribution in [2.45, 2.75) is 32.0 Å². The molecule has 0 radical (unpaired) electrons. The Hall–Kier alpha value is -0.840. The molecule has 2 aromatic rings. The van der Waals surface area contributed by atoms with Crippen LogP contribution in [0, 0.1) is 0 Å². The van der Waals surface area contributed by atoms with Gasteiger partial charge in [0, 0.05) is 33.2 Å². The van der Waals surface area contributed by atoms with Crippen LogP contribution in [0.4, 0.5) is 5.69 Å². The van der Waals surface area contributed by atoms with E-state index in [9.17, 15) is 0 Å². The van der Waals surface area contributed by atoms with E-state index in [1.807, 2.05) is 11.3 Å². The number of anilines is 1. The molecule has 1 saturated carbocycles. The van der Waals surface area contributed by atoms with Gasteiger partial charge in [0.1, 0.15) is 0 Å². The van der Waals surface area contributed by atoms with E-state index in [0.29, 0.717) is 12.6 Å². The highest BCUT2D eigenvalue weighted by molar-refractivity contribution is 9.10. The van der Waals surface area contributed by atoms with Gasteiger partial charge in [0.25, 0.3) is 0 Å². The van der Waals surface area contributed by atoms with Crippen molar-refractivity contribution in [3.8, 4) is 0 Å². The summed E-state index contributed by atoms with van der Waals surface area (Å²) in [6.07, 6.45) is 2.59. The average molecular weight is 337 g/mol. The van der Waals surface area contributed by atoms with Crippen molar-refractivity contribution in [1.82, 2.24) is 0 Å². The van der Waals surface area contributed by atoms with E-state index < -0.39 is 0 Å². The standard InChI is InChI=1S/C15H17BrN2S/c16-14-4-1-5-15(13(14)9-17)18(11-6-7-11)10-12-3-2-8-19-12/h1-5,8,11H,6-7,9-10,17H2. The second kappa shape index (κ2) is 5.65. The third-order valence-electron chi connectivity index (χ3n) is 3.50. The fourth-order valence-corrected chi connectivity index (χ4v) is 3.61. The highest BCUT2D eigenvalue weighted by atomic mass is 79.9. The van der Waals surface area contributed by atoms with Crippen LogP contribution in [0.5, 0.6) is 0 Å². The molecule has 2 N–H and O–H groups in total. The third-order valence-corrected chi connectivity index (χ3v) is 5.11. The van der Waals surface area contributed by atoms with Gasteiger partial charge in [-0.25, -0.2) is 0 Å². The lowest BCUT2D eigenvalue weighted by Gasteiger charge is -2.27. The highest BCUT2D eigenvalue weighted by Gasteiger charge is 2.30. The zero-order valence-electron chi connectivity index (χ0n) is 10.7. The molecule has 19 heavy (non-hydrogen) atoms. The average Bonchev–Trinajstić information content (AvgIpc) is 3.13. The number of nitrogens with two attached hydrogens (primary N) is 1. The summed E-state index contributed by atoms with van der Waals surface area (Å²) in [6, 6.07) is 11.4. The monoisotopic (exact) mass is 336 g/mol. The molecule has 1 aliphatic carbocycles. The van der Waals surface area contributed by atoms with E-state index in [1.54, 1.807) is 0 Å². The first-order chi connectivity index (χ1) is 9.29. The quantitative estimate of drug-likeness (QED) is 0.889. The predicted octanol–water partition coefficient (Wildman–Crippen LogP) is 4.14. The lowest BCUT2D eigenvalue weighted by Crippen LogP contribution is -2.26. The topological polar surface area (TPSA) is 29.3 Å². The molecule has 0 unspecified atom stereocenters. The van der Waals surface area contributed by atoms with Crippen LogP contribution in [0.3, 0.4) is 0 Å². The molecule has 0 bridgehead atoms. The molecule has 4 heteroatoms. The van der Waals surface area contributed by atoms with Gasteiger partial charge in [-0.15, -0.1) is 11.3 Å². The molecule has 2 nitrogen and oxygen atoms in total. The van der Waals surface area contributed by atoms with Gasteiger partial charge in [-0.2, -0.15) is 0 Å². The molecule has 1 aliphatic rings. The van der Waals surface area contributed by atoms with Gasteiger partial charge in [-0.3, -0.25) is 0 Å². The lowest BCUT2D eigenvalue weighted by molar-refractivity contribution is 0.793. The van der Waals surface area contributed by atoms with Crippen LogP contribution < -0.4 is 10.6 Å². The van der Waals surface area contributed by atoms with Crippen LogP contribution in [-0.4, -0.2) is 6.04 Å². The Morgan fingerprint density at radius 1 is 1.26 bits per heavy atom. The fourth-order valence-electron chi connectivity index (χ4n) is 2.39. The molecule has 0 aliphatic heterocycles. The third kappa shape index (κ3) is 2.86. The molecular formula is C15H17BrN2S. The number of thiophene rings is 1. The molecule has 3 rings (SSSR count). The molecule has 100 valence electrons. The van der Waals surface area contributed by atoms with Gasteiger partial charge in [0.2, 0.25) is 0 Å². The van der Waals surface area contributed by atoms with Crippen LogP contribution in [0.15, 0.2) is 40.2 Å². The van der Waals surface area contributed by atoms with Crippen LogP contribution in [0.25, 0.3) is 0 Å². The molecule has 1 fully saturated rings. The first-order valence-corrected chi connectivity index (χ1v) is 8.23. The van der Waals surface area contributed by atoms with E-state index in [1.165, 1.54) is 29.0 Å². The SMILES string of the molecule is NCc1c(Br)cccc1N(Cc1cccs1)C1CC1. The van der Waals surface area contributed by atoms with Crippen molar-refractivity contribution in [1.29, 1.82) is 0 Å². The summed E-state index contributed by atoms with van der Waals surface area (Å²) in [4.78, 5) is 3.92. The normalized spacial score (nSPS) is 14.6. The summed E-state index contributed by atoms with van der Waals surface area (Å²) in [5.41, 5.74) is 8.43. The van der Waals surface area contributed by atoms with E-state index in [2.05, 4.69) is 56.5 Å². The maximum Gasteiger partial charge on any atom is 0.0526 e. The van der Waals surface area contributed by atoms with Crippen LogP contribution in [0.1, 0.15) is 23.3 Å². The first kappa shape index (κ1) is 13.2. The summed E-state index contributed by atoms with van der Waals surface area (Å²) in [5, 5.41) is 2.14. The molecule has 0 spiro atoms. The second-order valence-corrected chi connectivity index (χ2v) is 6.77. The van der Waals surface area contributed by atoms with Gasteiger partial charge in [-0.05, 0) is 36.4 Å². The lowest BCUT2D eigenvalue weighted by atomic mass is 10.1. The Morgan fingerprint density at radius 3 is 2.74 bits per heavy atom. The van der Waals surface area contributed by atoms with Gasteiger partial charge in [0.05, 0.1) is 6.54 Å². The van der Waals surface area contributed by atoms with E-state index >= 15 is 0 Å². The first-order valence-electron chi connectivity index (χ1n) is 6.56. The molecule has 0 saturated heterocycles. The Labute approximate surface area is 126 Å². The van der Waals surface area contributed by atoms with Crippen LogP contribution in [-0.2, 0) is 13.1 Å². The molecule has 1 aromatic heterocycles. The largest absolute Gasteiger partial charge is 0.363 e. The summed E-state index contributed by atoms with van der Waals surface area (Å²) in [5.74, 6) is 0. The Bertz CT molecular complexity index is 549. The summed E-state index contributed by atoms with van der Waals surface area (Å²) in [6.45, 7) is 1.57. The Kier molecular flexibility index (Phi) is 3.91. The van der Waals surface area contributed by atoms with Gasteiger partial charge in [-0.1, -0.05) is 28.1 Å². The highest BCUT2D eigenvalue weighted by Crippen LogP contribution is 2.37. The minimum absolute atomic E-state index is 0.574. The fraction of sp³-hybridized carbons (Fsp3) is 0.333. The zero-order chi connectivity index (χ0) is 13.2. The van der Waals surface area contributed by atoms with Crippen molar-refractivity contribution in [3.63, 3.8) is 0 Å². The summed E-state index contributed by atoms with van der Waals surface area (Å²) >= 11 is 5.44. The number of hydrogen-bond donors (Lipinski definition) is 1. The van der Waals surface area contributed by atoms with Crippen molar-refractivity contribution in [3.05, 3.63) is 50.6 Å². The predicted molar refractivity (Wildman–Crippen MR) is 85.6 cm³/mol. The van der Waals surface area contributed by atoms with Crippen molar-refractivity contribution in [2.75, 3.05) is 4.90 Å².